The first-order valence-electron chi connectivity index (χ1n) is 16.6. The van der Waals surface area contributed by atoms with Crippen molar-refractivity contribution >= 4 is 28.7 Å². The Balaban J connectivity index is 1.48. The first-order chi connectivity index (χ1) is 22.2. The lowest BCUT2D eigenvalue weighted by Gasteiger charge is -2.35. The van der Waals surface area contributed by atoms with Crippen molar-refractivity contribution in [3.63, 3.8) is 0 Å². The third-order valence-corrected chi connectivity index (χ3v) is 9.91. The molecule has 0 spiro atoms. The molecule has 1 saturated heterocycles. The van der Waals surface area contributed by atoms with Gasteiger partial charge in [-0.1, -0.05) is 82.6 Å². The van der Waals surface area contributed by atoms with Gasteiger partial charge < -0.3 is 29.4 Å². The number of carbonyl (C=O) groups is 3. The van der Waals surface area contributed by atoms with E-state index in [9.17, 15) is 14.4 Å². The molecule has 0 aliphatic carbocycles. The molecule has 46 heavy (non-hydrogen) atoms. The van der Waals surface area contributed by atoms with E-state index >= 15 is 0 Å². The van der Waals surface area contributed by atoms with Gasteiger partial charge in [0.2, 0.25) is 11.8 Å². The summed E-state index contributed by atoms with van der Waals surface area (Å²) in [6, 6.07) is 16.1. The summed E-state index contributed by atoms with van der Waals surface area (Å²) in [4.78, 5) is 46.1. The fourth-order valence-corrected chi connectivity index (χ4v) is 6.64. The van der Waals surface area contributed by atoms with Gasteiger partial charge in [-0.3, -0.25) is 9.59 Å². The number of H-pyrrole nitrogens is 1. The van der Waals surface area contributed by atoms with Crippen LogP contribution in [0.4, 0.5) is 0 Å². The number of carbonyl (C=O) groups excluding carboxylic acids is 3. The van der Waals surface area contributed by atoms with E-state index in [-0.39, 0.29) is 49.3 Å². The summed E-state index contributed by atoms with van der Waals surface area (Å²) in [5, 5.41) is 3.97. The largest absolute Gasteiger partial charge is 0.459 e. The smallest absolute Gasteiger partial charge is 0.329 e. The van der Waals surface area contributed by atoms with Crippen LogP contribution in [0.3, 0.4) is 0 Å². The maximum Gasteiger partial charge on any atom is 0.329 e. The van der Waals surface area contributed by atoms with Crippen molar-refractivity contribution in [3.05, 3.63) is 71.9 Å². The molecule has 250 valence electrons. The number of benzene rings is 2. The van der Waals surface area contributed by atoms with Gasteiger partial charge in [0.1, 0.15) is 12.6 Å². The van der Waals surface area contributed by atoms with Gasteiger partial charge >= 0.3 is 5.97 Å². The molecule has 1 aliphatic rings. The van der Waals surface area contributed by atoms with Gasteiger partial charge in [-0.25, -0.2) is 4.79 Å². The number of para-hydroxylation sites is 1. The van der Waals surface area contributed by atoms with Crippen LogP contribution in [0.5, 0.6) is 0 Å². The van der Waals surface area contributed by atoms with Gasteiger partial charge in [0.05, 0.1) is 30.6 Å². The van der Waals surface area contributed by atoms with Crippen LogP contribution in [0.1, 0.15) is 64.5 Å². The number of hydrogen-bond acceptors (Lipinski definition) is 6. The number of nitrogens with one attached hydrogen (secondary N) is 2. The molecule has 2 amide bonds. The number of esters is 1. The molecule has 3 aromatic rings. The minimum absolute atomic E-state index is 0.0147. The predicted molar refractivity (Wildman–Crippen MR) is 179 cm³/mol. The quantitative estimate of drug-likeness (QED) is 0.197. The van der Waals surface area contributed by atoms with E-state index in [1.165, 1.54) is 0 Å². The summed E-state index contributed by atoms with van der Waals surface area (Å²) in [6.07, 6.45) is 4.26. The normalized spacial score (nSPS) is 18.8. The Labute approximate surface area is 273 Å². The van der Waals surface area contributed by atoms with E-state index in [4.69, 9.17) is 14.2 Å². The number of nitrogens with zero attached hydrogens (tertiary/aromatic N) is 1. The SMILES string of the molecule is CC[C@H](C)[C@H](C)[C@@H](CC(=O)N1CCC[C@H]1[C@H](OC)[C@@H](C)C(=O)N[C@@H](Cc1c[nH]c2ccccc12)C(=O)OCc1ccccc1)OC. The van der Waals surface area contributed by atoms with E-state index < -0.39 is 24.0 Å². The molecular formula is C37H51N3O6. The fraction of sp³-hybridized carbons (Fsp3) is 0.541. The number of rotatable bonds is 16. The Hall–Kier alpha value is -3.69. The lowest BCUT2D eigenvalue weighted by Crippen LogP contribution is -2.53. The zero-order valence-corrected chi connectivity index (χ0v) is 28.2. The van der Waals surface area contributed by atoms with Crippen LogP contribution < -0.4 is 5.32 Å². The van der Waals surface area contributed by atoms with Gasteiger partial charge in [-0.05, 0) is 41.9 Å². The van der Waals surface area contributed by atoms with Crippen LogP contribution in [0.2, 0.25) is 0 Å². The highest BCUT2D eigenvalue weighted by molar-refractivity contribution is 5.88. The number of fused-ring (bicyclic) bond motifs is 1. The molecule has 0 radical (unpaired) electrons. The van der Waals surface area contributed by atoms with Crippen molar-refractivity contribution in [1.29, 1.82) is 0 Å². The summed E-state index contributed by atoms with van der Waals surface area (Å²) in [6.45, 7) is 8.99. The second-order valence-electron chi connectivity index (χ2n) is 12.7. The van der Waals surface area contributed by atoms with E-state index in [2.05, 4.69) is 31.1 Å². The second kappa shape index (κ2) is 16.7. The summed E-state index contributed by atoms with van der Waals surface area (Å²) >= 11 is 0. The Kier molecular flexibility index (Phi) is 12.8. The maximum atomic E-state index is 13.8. The van der Waals surface area contributed by atoms with Crippen LogP contribution in [-0.4, -0.2) is 72.7 Å². The highest BCUT2D eigenvalue weighted by Crippen LogP contribution is 2.30. The molecule has 9 heteroatoms. The Morgan fingerprint density at radius 3 is 2.41 bits per heavy atom. The van der Waals surface area contributed by atoms with Crippen LogP contribution >= 0.6 is 0 Å². The molecule has 2 aromatic carbocycles. The van der Waals surface area contributed by atoms with Gasteiger partial charge in [0.25, 0.3) is 0 Å². The van der Waals surface area contributed by atoms with E-state index in [0.29, 0.717) is 12.5 Å². The third-order valence-electron chi connectivity index (χ3n) is 9.91. The molecule has 0 bridgehead atoms. The van der Waals surface area contributed by atoms with Crippen molar-refractivity contribution in [3.8, 4) is 0 Å². The number of amides is 2. The van der Waals surface area contributed by atoms with Crippen LogP contribution in [0, 0.1) is 17.8 Å². The Morgan fingerprint density at radius 1 is 1.00 bits per heavy atom. The average Bonchev–Trinajstić information content (AvgIpc) is 3.73. The van der Waals surface area contributed by atoms with Crippen molar-refractivity contribution in [1.82, 2.24) is 15.2 Å². The average molecular weight is 634 g/mol. The number of methoxy groups -OCH3 is 2. The van der Waals surface area contributed by atoms with Crippen LogP contribution in [0.25, 0.3) is 10.9 Å². The number of ether oxygens (including phenoxy) is 3. The maximum absolute atomic E-state index is 13.8. The summed E-state index contributed by atoms with van der Waals surface area (Å²) in [5.74, 6) is -0.790. The third kappa shape index (κ3) is 8.56. The molecule has 0 unspecified atom stereocenters. The second-order valence-corrected chi connectivity index (χ2v) is 12.7. The highest BCUT2D eigenvalue weighted by Gasteiger charge is 2.41. The van der Waals surface area contributed by atoms with Gasteiger partial charge in [-0.2, -0.15) is 0 Å². The molecule has 9 nitrogen and oxygen atoms in total. The first-order valence-corrected chi connectivity index (χ1v) is 16.6. The molecule has 1 aromatic heterocycles. The van der Waals surface area contributed by atoms with Gasteiger partial charge in [0, 0.05) is 44.3 Å². The minimum Gasteiger partial charge on any atom is -0.459 e. The first kappa shape index (κ1) is 35.2. The molecule has 4 rings (SSSR count). The number of aromatic nitrogens is 1. The van der Waals surface area contributed by atoms with Crippen LogP contribution in [-0.2, 0) is 41.6 Å². The molecule has 1 fully saturated rings. The Bertz CT molecular complexity index is 1420. The standard InChI is InChI=1S/C37H51N3O6/c1-7-24(2)25(3)33(44-5)21-34(41)40-19-13-18-32(40)35(45-6)26(4)36(42)39-31(37(43)46-23-27-14-9-8-10-15-27)20-28-22-38-30-17-12-11-16-29(28)30/h8-12,14-17,22,24-26,31-33,35,38H,7,13,18-21,23H2,1-6H3,(H,39,42)/t24-,25-,26+,31-,32-,33+,35+/m0/s1. The fourth-order valence-electron chi connectivity index (χ4n) is 6.64. The number of aromatic amines is 1. The Morgan fingerprint density at radius 2 is 1.72 bits per heavy atom. The molecule has 1 aliphatic heterocycles. The molecule has 2 N–H and O–H groups in total. The van der Waals surface area contributed by atoms with E-state index in [1.807, 2.05) is 65.7 Å². The predicted octanol–water partition coefficient (Wildman–Crippen LogP) is 5.67. The monoisotopic (exact) mass is 633 g/mol. The van der Waals surface area contributed by atoms with E-state index in [1.54, 1.807) is 21.1 Å². The molecular weight excluding hydrogens is 582 g/mol. The van der Waals surface area contributed by atoms with Gasteiger partial charge in [-0.15, -0.1) is 0 Å². The minimum atomic E-state index is -0.916. The van der Waals surface area contributed by atoms with Crippen LogP contribution in [0.15, 0.2) is 60.8 Å². The zero-order valence-electron chi connectivity index (χ0n) is 28.2. The molecule has 0 saturated carbocycles. The highest BCUT2D eigenvalue weighted by atomic mass is 16.5. The lowest BCUT2D eigenvalue weighted by atomic mass is 9.87. The number of hydrogen-bond donors (Lipinski definition) is 2. The number of likely N-dealkylation sites (tertiary alicyclic amines) is 1. The van der Waals surface area contributed by atoms with Gasteiger partial charge in [0.15, 0.2) is 0 Å². The lowest BCUT2D eigenvalue weighted by molar-refractivity contribution is -0.150. The van der Waals surface area contributed by atoms with Crippen molar-refractivity contribution in [2.24, 2.45) is 17.8 Å². The topological polar surface area (TPSA) is 110 Å². The van der Waals surface area contributed by atoms with E-state index in [0.717, 1.165) is 41.3 Å². The van der Waals surface area contributed by atoms with Crippen molar-refractivity contribution in [2.45, 2.75) is 90.7 Å². The summed E-state index contributed by atoms with van der Waals surface area (Å²) in [7, 11) is 3.25. The molecule has 2 heterocycles. The zero-order chi connectivity index (χ0) is 33.2. The molecule has 7 atom stereocenters. The summed E-state index contributed by atoms with van der Waals surface area (Å²) in [5.41, 5.74) is 2.72. The van der Waals surface area contributed by atoms with Crippen molar-refractivity contribution < 1.29 is 28.6 Å². The van der Waals surface area contributed by atoms with Crippen molar-refractivity contribution in [2.75, 3.05) is 20.8 Å². The summed E-state index contributed by atoms with van der Waals surface area (Å²) < 4.78 is 17.4.